The summed E-state index contributed by atoms with van der Waals surface area (Å²) in [5.41, 5.74) is 8.28. The van der Waals surface area contributed by atoms with E-state index in [1.165, 1.54) is 24.1 Å². The van der Waals surface area contributed by atoms with Crippen LogP contribution in [0.15, 0.2) is 18.3 Å². The molecule has 94 valence electrons. The van der Waals surface area contributed by atoms with Crippen molar-refractivity contribution < 1.29 is 0 Å². The summed E-state index contributed by atoms with van der Waals surface area (Å²) in [6, 6.07) is 4.79. The highest BCUT2D eigenvalue weighted by atomic mass is 15.2. The van der Waals surface area contributed by atoms with Gasteiger partial charge in [-0.1, -0.05) is 6.07 Å². The number of nitrogens with two attached hydrogens (primary N) is 1. The maximum atomic E-state index is 5.79. The first kappa shape index (κ1) is 12.5. The Bertz CT molecular complexity index is 364. The van der Waals surface area contributed by atoms with Gasteiger partial charge < -0.3 is 5.73 Å². The lowest BCUT2D eigenvalue weighted by atomic mass is 9.93. The van der Waals surface area contributed by atoms with Crippen molar-refractivity contribution in [3.05, 3.63) is 29.6 Å². The molecule has 1 aromatic rings. The Balaban J connectivity index is 2.04. The summed E-state index contributed by atoms with van der Waals surface area (Å²) in [6.45, 7) is 7.34. The van der Waals surface area contributed by atoms with Gasteiger partial charge >= 0.3 is 0 Å². The SMILES string of the molecule is Cc1cccnc1CN1CC(CN)CCC1C. The molecule has 0 saturated carbocycles. The molecule has 3 nitrogen and oxygen atoms in total. The average Bonchev–Trinajstić information content (AvgIpc) is 2.35. The molecule has 3 heteroatoms. The summed E-state index contributed by atoms with van der Waals surface area (Å²) in [5, 5.41) is 0. The number of likely N-dealkylation sites (tertiary alicyclic amines) is 1. The quantitative estimate of drug-likeness (QED) is 0.867. The molecule has 0 spiro atoms. The Morgan fingerprint density at radius 3 is 3.00 bits per heavy atom. The van der Waals surface area contributed by atoms with Gasteiger partial charge in [-0.05, 0) is 50.8 Å². The van der Waals surface area contributed by atoms with Gasteiger partial charge in [-0.25, -0.2) is 0 Å². The maximum absolute atomic E-state index is 5.79. The van der Waals surface area contributed by atoms with Gasteiger partial charge in [0, 0.05) is 25.3 Å². The molecule has 1 aliphatic heterocycles. The number of aryl methyl sites for hydroxylation is 1. The van der Waals surface area contributed by atoms with Crippen LogP contribution < -0.4 is 5.73 Å². The third kappa shape index (κ3) is 3.05. The number of hydrogen-bond acceptors (Lipinski definition) is 3. The first-order valence-electron chi connectivity index (χ1n) is 6.55. The van der Waals surface area contributed by atoms with Gasteiger partial charge in [0.25, 0.3) is 0 Å². The summed E-state index contributed by atoms with van der Waals surface area (Å²) in [6.07, 6.45) is 4.42. The maximum Gasteiger partial charge on any atom is 0.0573 e. The van der Waals surface area contributed by atoms with Crippen LogP contribution in [0.3, 0.4) is 0 Å². The summed E-state index contributed by atoms with van der Waals surface area (Å²) in [5.74, 6) is 0.662. The van der Waals surface area contributed by atoms with Crippen LogP contribution >= 0.6 is 0 Å². The Labute approximate surface area is 104 Å². The minimum absolute atomic E-state index is 0.652. The van der Waals surface area contributed by atoms with Gasteiger partial charge in [-0.15, -0.1) is 0 Å². The third-order valence-electron chi connectivity index (χ3n) is 3.91. The molecule has 1 aromatic heterocycles. The fourth-order valence-electron chi connectivity index (χ4n) is 2.55. The van der Waals surface area contributed by atoms with Crippen LogP contribution in [0, 0.1) is 12.8 Å². The van der Waals surface area contributed by atoms with Crippen molar-refractivity contribution in [3.8, 4) is 0 Å². The van der Waals surface area contributed by atoms with Crippen molar-refractivity contribution in [2.75, 3.05) is 13.1 Å². The Morgan fingerprint density at radius 1 is 1.47 bits per heavy atom. The fraction of sp³-hybridized carbons (Fsp3) is 0.643. The van der Waals surface area contributed by atoms with Crippen molar-refractivity contribution in [3.63, 3.8) is 0 Å². The van der Waals surface area contributed by atoms with E-state index in [-0.39, 0.29) is 0 Å². The van der Waals surface area contributed by atoms with Gasteiger partial charge in [0.1, 0.15) is 0 Å². The highest BCUT2D eigenvalue weighted by molar-refractivity contribution is 5.17. The highest BCUT2D eigenvalue weighted by Gasteiger charge is 2.24. The molecule has 2 rings (SSSR count). The lowest BCUT2D eigenvalue weighted by Gasteiger charge is -2.37. The van der Waals surface area contributed by atoms with Crippen LogP contribution in [-0.4, -0.2) is 29.0 Å². The van der Waals surface area contributed by atoms with Crippen molar-refractivity contribution in [2.24, 2.45) is 11.7 Å². The molecule has 2 N–H and O–H groups in total. The molecule has 2 heterocycles. The van der Waals surface area contributed by atoms with Crippen molar-refractivity contribution in [1.82, 2.24) is 9.88 Å². The van der Waals surface area contributed by atoms with Gasteiger partial charge in [0.2, 0.25) is 0 Å². The van der Waals surface area contributed by atoms with Gasteiger partial charge in [0.15, 0.2) is 0 Å². The number of pyridine rings is 1. The predicted molar refractivity (Wildman–Crippen MR) is 70.6 cm³/mol. The minimum atomic E-state index is 0.652. The second-order valence-electron chi connectivity index (χ2n) is 5.22. The van der Waals surface area contributed by atoms with Crippen molar-refractivity contribution in [1.29, 1.82) is 0 Å². The zero-order valence-electron chi connectivity index (χ0n) is 10.9. The molecule has 1 saturated heterocycles. The third-order valence-corrected chi connectivity index (χ3v) is 3.91. The molecule has 2 unspecified atom stereocenters. The molecule has 17 heavy (non-hydrogen) atoms. The van der Waals surface area contributed by atoms with E-state index in [9.17, 15) is 0 Å². The van der Waals surface area contributed by atoms with Crippen LogP contribution in [0.1, 0.15) is 31.0 Å². The molecule has 1 aliphatic rings. The van der Waals surface area contributed by atoms with Crippen LogP contribution in [0.4, 0.5) is 0 Å². The largest absolute Gasteiger partial charge is 0.330 e. The average molecular weight is 233 g/mol. The van der Waals surface area contributed by atoms with Gasteiger partial charge in [-0.2, -0.15) is 0 Å². The summed E-state index contributed by atoms with van der Waals surface area (Å²) < 4.78 is 0. The van der Waals surface area contributed by atoms with Gasteiger partial charge in [-0.3, -0.25) is 9.88 Å². The molecular weight excluding hydrogens is 210 g/mol. The molecule has 0 amide bonds. The molecule has 2 atom stereocenters. The van der Waals surface area contributed by atoms with E-state index < -0.39 is 0 Å². The van der Waals surface area contributed by atoms with Crippen LogP contribution in [-0.2, 0) is 6.54 Å². The summed E-state index contributed by atoms with van der Waals surface area (Å²) >= 11 is 0. The van der Waals surface area contributed by atoms with Crippen LogP contribution in [0.25, 0.3) is 0 Å². The number of hydrogen-bond donors (Lipinski definition) is 1. The molecular formula is C14H23N3. The van der Waals surface area contributed by atoms with Gasteiger partial charge in [0.05, 0.1) is 5.69 Å². The zero-order chi connectivity index (χ0) is 12.3. The Morgan fingerprint density at radius 2 is 2.29 bits per heavy atom. The lowest BCUT2D eigenvalue weighted by molar-refractivity contribution is 0.112. The molecule has 0 aromatic carbocycles. The minimum Gasteiger partial charge on any atom is -0.330 e. The second kappa shape index (κ2) is 5.61. The van der Waals surface area contributed by atoms with E-state index in [1.807, 2.05) is 12.3 Å². The van der Waals surface area contributed by atoms with E-state index in [0.717, 1.165) is 19.6 Å². The predicted octanol–water partition coefficient (Wildman–Crippen LogP) is 1.95. The topological polar surface area (TPSA) is 42.2 Å². The van der Waals surface area contributed by atoms with E-state index in [2.05, 4.69) is 29.8 Å². The standard InChI is InChI=1S/C14H23N3/c1-11-4-3-7-16-14(11)10-17-9-13(8-15)6-5-12(17)2/h3-4,7,12-13H,5-6,8-10,15H2,1-2H3. The molecule has 0 aliphatic carbocycles. The fourth-order valence-corrected chi connectivity index (χ4v) is 2.55. The lowest BCUT2D eigenvalue weighted by Crippen LogP contribution is -2.43. The van der Waals surface area contributed by atoms with Crippen LogP contribution in [0.5, 0.6) is 0 Å². The molecule has 1 fully saturated rings. The van der Waals surface area contributed by atoms with Crippen molar-refractivity contribution >= 4 is 0 Å². The summed E-state index contributed by atoms with van der Waals surface area (Å²) in [7, 11) is 0. The molecule has 0 bridgehead atoms. The number of nitrogens with zero attached hydrogens (tertiary/aromatic N) is 2. The van der Waals surface area contributed by atoms with E-state index in [1.54, 1.807) is 0 Å². The van der Waals surface area contributed by atoms with Crippen LogP contribution in [0.2, 0.25) is 0 Å². The van der Waals surface area contributed by atoms with E-state index >= 15 is 0 Å². The Hall–Kier alpha value is -0.930. The highest BCUT2D eigenvalue weighted by Crippen LogP contribution is 2.23. The second-order valence-corrected chi connectivity index (χ2v) is 5.22. The first-order chi connectivity index (χ1) is 8.20. The number of aromatic nitrogens is 1. The Kier molecular flexibility index (Phi) is 4.13. The number of piperidine rings is 1. The van der Waals surface area contributed by atoms with E-state index in [0.29, 0.717) is 12.0 Å². The smallest absolute Gasteiger partial charge is 0.0573 e. The monoisotopic (exact) mass is 233 g/mol. The molecule has 0 radical (unpaired) electrons. The van der Waals surface area contributed by atoms with E-state index in [4.69, 9.17) is 5.73 Å². The number of rotatable bonds is 3. The zero-order valence-corrected chi connectivity index (χ0v) is 10.9. The summed E-state index contributed by atoms with van der Waals surface area (Å²) in [4.78, 5) is 7.01. The normalized spacial score (nSPS) is 26.1. The van der Waals surface area contributed by atoms with Crippen molar-refractivity contribution in [2.45, 2.75) is 39.3 Å². The first-order valence-corrected chi connectivity index (χ1v) is 6.55.